The lowest BCUT2D eigenvalue weighted by Gasteiger charge is -2.22. The van der Waals surface area contributed by atoms with E-state index in [1.54, 1.807) is 19.1 Å². The molecule has 1 aromatic carbocycles. The Kier molecular flexibility index (Phi) is 3.41. The highest BCUT2D eigenvalue weighted by Gasteiger charge is 2.42. The first-order chi connectivity index (χ1) is 10.0. The summed E-state index contributed by atoms with van der Waals surface area (Å²) in [5, 5.41) is 14.2. The van der Waals surface area contributed by atoms with E-state index in [-0.39, 0.29) is 17.0 Å². The lowest BCUT2D eigenvalue weighted by Crippen LogP contribution is -2.33. The number of hydrogen-bond donors (Lipinski definition) is 1. The largest absolute Gasteiger partial charge is 0.338 e. The van der Waals surface area contributed by atoms with Gasteiger partial charge in [0.1, 0.15) is 0 Å². The van der Waals surface area contributed by atoms with Crippen LogP contribution in [0.5, 0.6) is 0 Å². The van der Waals surface area contributed by atoms with Crippen molar-refractivity contribution in [2.24, 2.45) is 5.41 Å². The Labute approximate surface area is 123 Å². The standard InChI is InChI=1S/C15H19N3O3/c1-11-8-12(2-3-13(11)18(20)21)14(19)17-7-5-15(10-17)4-6-16-9-15/h2-3,8,16H,4-7,9-10H2,1H3. The number of hydrogen-bond acceptors (Lipinski definition) is 4. The second kappa shape index (κ2) is 5.11. The number of aryl methyl sites for hydroxylation is 1. The molecule has 2 heterocycles. The minimum Gasteiger partial charge on any atom is -0.338 e. The topological polar surface area (TPSA) is 75.5 Å². The van der Waals surface area contributed by atoms with Crippen molar-refractivity contribution in [3.63, 3.8) is 0 Å². The van der Waals surface area contributed by atoms with Crippen LogP contribution >= 0.6 is 0 Å². The maximum atomic E-state index is 12.6. The van der Waals surface area contributed by atoms with Gasteiger partial charge in [-0.05, 0) is 38.4 Å². The number of nitro groups is 1. The zero-order chi connectivity index (χ0) is 15.0. The summed E-state index contributed by atoms with van der Waals surface area (Å²) in [5.41, 5.74) is 1.37. The number of likely N-dealkylation sites (tertiary alicyclic amines) is 1. The van der Waals surface area contributed by atoms with Gasteiger partial charge in [-0.1, -0.05) is 0 Å². The Bertz CT molecular complexity index is 594. The highest BCUT2D eigenvalue weighted by Crippen LogP contribution is 2.36. The van der Waals surface area contributed by atoms with Gasteiger partial charge in [0.05, 0.1) is 4.92 Å². The molecule has 0 saturated carbocycles. The molecule has 0 radical (unpaired) electrons. The van der Waals surface area contributed by atoms with Gasteiger partial charge in [-0.2, -0.15) is 0 Å². The van der Waals surface area contributed by atoms with Crippen LogP contribution in [-0.4, -0.2) is 41.9 Å². The average molecular weight is 289 g/mol. The third kappa shape index (κ3) is 2.51. The van der Waals surface area contributed by atoms with Crippen molar-refractivity contribution in [1.29, 1.82) is 0 Å². The molecule has 1 spiro atoms. The molecule has 2 aliphatic heterocycles. The van der Waals surface area contributed by atoms with Crippen LogP contribution in [-0.2, 0) is 0 Å². The first-order valence-electron chi connectivity index (χ1n) is 7.26. The van der Waals surface area contributed by atoms with Gasteiger partial charge >= 0.3 is 0 Å². The number of benzene rings is 1. The summed E-state index contributed by atoms with van der Waals surface area (Å²) in [6.45, 7) is 5.24. The molecule has 1 amide bonds. The Balaban J connectivity index is 1.77. The van der Waals surface area contributed by atoms with Gasteiger partial charge in [0, 0.05) is 42.2 Å². The van der Waals surface area contributed by atoms with Crippen molar-refractivity contribution in [3.05, 3.63) is 39.4 Å². The molecule has 21 heavy (non-hydrogen) atoms. The van der Waals surface area contributed by atoms with E-state index < -0.39 is 4.92 Å². The van der Waals surface area contributed by atoms with Crippen LogP contribution in [0.15, 0.2) is 18.2 Å². The molecule has 6 heteroatoms. The van der Waals surface area contributed by atoms with Crippen LogP contribution in [0.2, 0.25) is 0 Å². The number of nitro benzene ring substituents is 1. The summed E-state index contributed by atoms with van der Waals surface area (Å²) in [6, 6.07) is 4.61. The van der Waals surface area contributed by atoms with E-state index in [9.17, 15) is 14.9 Å². The minimum atomic E-state index is -0.418. The molecule has 112 valence electrons. The second-order valence-corrected chi connectivity index (χ2v) is 6.16. The van der Waals surface area contributed by atoms with E-state index in [0.717, 1.165) is 39.0 Å². The fourth-order valence-electron chi connectivity index (χ4n) is 3.43. The Hall–Kier alpha value is -1.95. The normalized spacial score (nSPS) is 24.7. The fourth-order valence-corrected chi connectivity index (χ4v) is 3.43. The third-order valence-electron chi connectivity index (χ3n) is 4.70. The number of carbonyl (C=O) groups is 1. The van der Waals surface area contributed by atoms with E-state index >= 15 is 0 Å². The summed E-state index contributed by atoms with van der Waals surface area (Å²) < 4.78 is 0. The molecule has 2 fully saturated rings. The quantitative estimate of drug-likeness (QED) is 0.664. The van der Waals surface area contributed by atoms with Gasteiger partial charge in [0.15, 0.2) is 0 Å². The zero-order valence-electron chi connectivity index (χ0n) is 12.1. The maximum absolute atomic E-state index is 12.6. The van der Waals surface area contributed by atoms with E-state index in [1.807, 2.05) is 4.90 Å². The van der Waals surface area contributed by atoms with Gasteiger partial charge in [0.2, 0.25) is 0 Å². The minimum absolute atomic E-state index is 0.0169. The van der Waals surface area contributed by atoms with Gasteiger partial charge < -0.3 is 10.2 Å². The monoisotopic (exact) mass is 289 g/mol. The Morgan fingerprint density at radius 2 is 2.24 bits per heavy atom. The number of amides is 1. The second-order valence-electron chi connectivity index (χ2n) is 6.16. The predicted molar refractivity (Wildman–Crippen MR) is 78.3 cm³/mol. The molecular formula is C15H19N3O3. The van der Waals surface area contributed by atoms with Crippen LogP contribution in [0.3, 0.4) is 0 Å². The van der Waals surface area contributed by atoms with E-state index in [2.05, 4.69) is 5.32 Å². The maximum Gasteiger partial charge on any atom is 0.272 e. The first-order valence-corrected chi connectivity index (χ1v) is 7.26. The van der Waals surface area contributed by atoms with Crippen LogP contribution in [0.4, 0.5) is 5.69 Å². The van der Waals surface area contributed by atoms with Crippen molar-refractivity contribution in [2.75, 3.05) is 26.2 Å². The smallest absolute Gasteiger partial charge is 0.272 e. The van der Waals surface area contributed by atoms with Crippen molar-refractivity contribution >= 4 is 11.6 Å². The van der Waals surface area contributed by atoms with Gasteiger partial charge in [0.25, 0.3) is 11.6 Å². The van der Waals surface area contributed by atoms with Crippen molar-refractivity contribution in [1.82, 2.24) is 10.2 Å². The SMILES string of the molecule is Cc1cc(C(=O)N2CCC3(CCNC3)C2)ccc1[N+](=O)[O-]. The highest BCUT2D eigenvalue weighted by molar-refractivity contribution is 5.95. The molecule has 0 aromatic heterocycles. The summed E-state index contributed by atoms with van der Waals surface area (Å²) >= 11 is 0. The van der Waals surface area contributed by atoms with Gasteiger partial charge in [-0.15, -0.1) is 0 Å². The van der Waals surface area contributed by atoms with E-state index in [1.165, 1.54) is 6.07 Å². The lowest BCUT2D eigenvalue weighted by atomic mass is 9.86. The predicted octanol–water partition coefficient (Wildman–Crippen LogP) is 1.73. The molecule has 3 rings (SSSR count). The van der Waals surface area contributed by atoms with Crippen LogP contribution in [0, 0.1) is 22.5 Å². The number of nitrogens with zero attached hydrogens (tertiary/aromatic N) is 2. The Morgan fingerprint density at radius 1 is 1.43 bits per heavy atom. The van der Waals surface area contributed by atoms with E-state index in [0.29, 0.717) is 11.1 Å². The molecule has 2 saturated heterocycles. The van der Waals surface area contributed by atoms with Crippen LogP contribution in [0.1, 0.15) is 28.8 Å². The molecule has 2 aliphatic rings. The summed E-state index contributed by atoms with van der Waals surface area (Å²) in [7, 11) is 0. The fraction of sp³-hybridized carbons (Fsp3) is 0.533. The highest BCUT2D eigenvalue weighted by atomic mass is 16.6. The summed E-state index contributed by atoms with van der Waals surface area (Å²) in [4.78, 5) is 24.9. The Morgan fingerprint density at radius 3 is 2.86 bits per heavy atom. The lowest BCUT2D eigenvalue weighted by molar-refractivity contribution is -0.385. The van der Waals surface area contributed by atoms with Gasteiger partial charge in [-0.3, -0.25) is 14.9 Å². The van der Waals surface area contributed by atoms with Crippen molar-refractivity contribution < 1.29 is 9.72 Å². The molecule has 0 aliphatic carbocycles. The summed E-state index contributed by atoms with van der Waals surface area (Å²) in [6.07, 6.45) is 2.16. The average Bonchev–Trinajstić information content (AvgIpc) is 3.08. The van der Waals surface area contributed by atoms with Crippen molar-refractivity contribution in [3.8, 4) is 0 Å². The molecule has 6 nitrogen and oxygen atoms in total. The molecule has 1 aromatic rings. The van der Waals surface area contributed by atoms with Gasteiger partial charge in [-0.25, -0.2) is 0 Å². The molecule has 1 atom stereocenters. The molecule has 1 unspecified atom stereocenters. The molecule has 1 N–H and O–H groups in total. The number of carbonyl (C=O) groups excluding carboxylic acids is 1. The molecule has 0 bridgehead atoms. The van der Waals surface area contributed by atoms with Crippen molar-refractivity contribution in [2.45, 2.75) is 19.8 Å². The van der Waals surface area contributed by atoms with Crippen LogP contribution < -0.4 is 5.32 Å². The molecular weight excluding hydrogens is 270 g/mol. The zero-order valence-corrected chi connectivity index (χ0v) is 12.1. The number of rotatable bonds is 2. The first kappa shape index (κ1) is 14.0. The van der Waals surface area contributed by atoms with E-state index in [4.69, 9.17) is 0 Å². The summed E-state index contributed by atoms with van der Waals surface area (Å²) in [5.74, 6) is -0.0169. The third-order valence-corrected chi connectivity index (χ3v) is 4.70. The van der Waals surface area contributed by atoms with Crippen LogP contribution in [0.25, 0.3) is 0 Å². The number of nitrogens with one attached hydrogen (secondary N) is 1.